The van der Waals surface area contributed by atoms with Gasteiger partial charge in [0.05, 0.1) is 18.2 Å². The van der Waals surface area contributed by atoms with E-state index < -0.39 is 0 Å². The molecule has 0 saturated heterocycles. The number of methoxy groups -OCH3 is 1. The number of carbonyl (C=O) groups excluding carboxylic acids is 1. The fourth-order valence-electron chi connectivity index (χ4n) is 1.33. The van der Waals surface area contributed by atoms with Gasteiger partial charge in [-0.3, -0.25) is 4.79 Å². The zero-order valence-corrected chi connectivity index (χ0v) is 12.2. The van der Waals surface area contributed by atoms with Crippen molar-refractivity contribution in [3.63, 3.8) is 0 Å². The fourth-order valence-corrected chi connectivity index (χ4v) is 1.88. The highest BCUT2D eigenvalue weighted by atomic mass is 79.9. The van der Waals surface area contributed by atoms with E-state index in [-0.39, 0.29) is 12.4 Å². The van der Waals surface area contributed by atoms with Crippen LogP contribution in [-0.4, -0.2) is 26.1 Å². The molecule has 0 aromatic heterocycles. The zero-order chi connectivity index (χ0) is 13.5. The molecule has 0 saturated carbocycles. The van der Waals surface area contributed by atoms with Crippen LogP contribution in [0.25, 0.3) is 0 Å². The molecular formula is C14H17BrO3. The lowest BCUT2D eigenvalue weighted by Crippen LogP contribution is -2.10. The Labute approximate surface area is 116 Å². The highest BCUT2D eigenvalue weighted by Gasteiger charge is 2.09. The van der Waals surface area contributed by atoms with Crippen molar-refractivity contribution in [1.82, 2.24) is 0 Å². The number of ketones is 1. The van der Waals surface area contributed by atoms with Gasteiger partial charge >= 0.3 is 0 Å². The van der Waals surface area contributed by atoms with Crippen LogP contribution in [0.1, 0.15) is 23.7 Å². The molecule has 0 bridgehead atoms. The topological polar surface area (TPSA) is 35.5 Å². The molecule has 1 aromatic carbocycles. The predicted octanol–water partition coefficient (Wildman–Crippen LogP) is 3.62. The zero-order valence-electron chi connectivity index (χ0n) is 10.7. The van der Waals surface area contributed by atoms with Crippen molar-refractivity contribution < 1.29 is 14.3 Å². The number of halogens is 1. The third kappa shape index (κ3) is 4.63. The molecule has 0 aliphatic carbocycles. The Hall–Kier alpha value is -1.13. The lowest BCUT2D eigenvalue weighted by Gasteiger charge is -2.06. The molecule has 0 fully saturated rings. The van der Waals surface area contributed by atoms with Gasteiger partial charge in [0.2, 0.25) is 0 Å². The number of carbonyl (C=O) groups is 1. The summed E-state index contributed by atoms with van der Waals surface area (Å²) in [5.41, 5.74) is 1.66. The number of hydrogen-bond donors (Lipinski definition) is 0. The molecular weight excluding hydrogens is 296 g/mol. The van der Waals surface area contributed by atoms with Gasteiger partial charge in [0.15, 0.2) is 5.78 Å². The largest absolute Gasteiger partial charge is 0.496 e. The van der Waals surface area contributed by atoms with Crippen LogP contribution in [-0.2, 0) is 4.74 Å². The van der Waals surface area contributed by atoms with Gasteiger partial charge in [-0.15, -0.1) is 6.58 Å². The smallest absolute Gasteiger partial charge is 0.188 e. The molecule has 4 heteroatoms. The summed E-state index contributed by atoms with van der Waals surface area (Å²) in [6.07, 6.45) is 0.777. The van der Waals surface area contributed by atoms with E-state index in [1.165, 1.54) is 0 Å². The van der Waals surface area contributed by atoms with E-state index in [4.69, 9.17) is 9.47 Å². The maximum Gasteiger partial charge on any atom is 0.188 e. The molecule has 1 aromatic rings. The van der Waals surface area contributed by atoms with E-state index in [1.54, 1.807) is 25.3 Å². The van der Waals surface area contributed by atoms with Crippen molar-refractivity contribution in [3.05, 3.63) is 40.4 Å². The fraction of sp³-hybridized carbons (Fsp3) is 0.357. The second kappa shape index (κ2) is 7.34. The molecule has 0 amide bonds. The molecule has 0 aliphatic rings. The Bertz CT molecular complexity index is 441. The van der Waals surface area contributed by atoms with Gasteiger partial charge in [0.1, 0.15) is 12.4 Å². The normalized spacial score (nSPS) is 10.2. The van der Waals surface area contributed by atoms with Crippen molar-refractivity contribution in [2.75, 3.05) is 20.3 Å². The first kappa shape index (κ1) is 14.9. The molecule has 0 radical (unpaired) electrons. The van der Waals surface area contributed by atoms with Crippen molar-refractivity contribution in [2.45, 2.75) is 13.3 Å². The number of hydrogen-bond acceptors (Lipinski definition) is 3. The average Bonchev–Trinajstić information content (AvgIpc) is 2.34. The monoisotopic (exact) mass is 312 g/mol. The van der Waals surface area contributed by atoms with Crippen molar-refractivity contribution in [1.29, 1.82) is 0 Å². The molecule has 0 aliphatic heterocycles. The van der Waals surface area contributed by atoms with Crippen LogP contribution in [0.3, 0.4) is 0 Å². The van der Waals surface area contributed by atoms with Crippen LogP contribution >= 0.6 is 15.9 Å². The number of rotatable bonds is 7. The summed E-state index contributed by atoms with van der Waals surface area (Å²) >= 11 is 3.35. The molecule has 0 spiro atoms. The SMILES string of the molecule is C=C(C)CCOCC(=O)c1ccc(OC)c(Br)c1. The van der Waals surface area contributed by atoms with E-state index in [9.17, 15) is 4.79 Å². The second-order valence-corrected chi connectivity index (χ2v) is 4.89. The summed E-state index contributed by atoms with van der Waals surface area (Å²) in [6, 6.07) is 5.22. The third-order valence-electron chi connectivity index (χ3n) is 2.38. The van der Waals surface area contributed by atoms with Gasteiger partial charge in [-0.05, 0) is 47.5 Å². The first-order valence-electron chi connectivity index (χ1n) is 5.63. The number of Topliss-reactive ketones (excluding diaryl/α,β-unsaturated/α-hetero) is 1. The third-order valence-corrected chi connectivity index (χ3v) is 3.00. The summed E-state index contributed by atoms with van der Waals surface area (Å²) in [6.45, 7) is 6.33. The van der Waals surface area contributed by atoms with E-state index in [0.717, 1.165) is 16.5 Å². The molecule has 0 unspecified atom stereocenters. The summed E-state index contributed by atoms with van der Waals surface area (Å²) in [5, 5.41) is 0. The van der Waals surface area contributed by atoms with Gasteiger partial charge < -0.3 is 9.47 Å². The molecule has 98 valence electrons. The summed E-state index contributed by atoms with van der Waals surface area (Å²) in [4.78, 5) is 11.8. The highest BCUT2D eigenvalue weighted by molar-refractivity contribution is 9.10. The molecule has 3 nitrogen and oxygen atoms in total. The average molecular weight is 313 g/mol. The van der Waals surface area contributed by atoms with Crippen LogP contribution in [0.2, 0.25) is 0 Å². The number of benzene rings is 1. The minimum Gasteiger partial charge on any atom is -0.496 e. The lowest BCUT2D eigenvalue weighted by atomic mass is 10.1. The molecule has 0 heterocycles. The Morgan fingerprint density at radius 2 is 2.17 bits per heavy atom. The first-order valence-corrected chi connectivity index (χ1v) is 6.42. The Balaban J connectivity index is 2.51. The Morgan fingerprint density at radius 3 is 2.72 bits per heavy atom. The van der Waals surface area contributed by atoms with Crippen LogP contribution in [0.4, 0.5) is 0 Å². The van der Waals surface area contributed by atoms with Crippen LogP contribution in [0.5, 0.6) is 5.75 Å². The van der Waals surface area contributed by atoms with E-state index in [1.807, 2.05) is 6.92 Å². The summed E-state index contributed by atoms with van der Waals surface area (Å²) < 4.78 is 11.2. The molecule has 1 rings (SSSR count). The van der Waals surface area contributed by atoms with Crippen molar-refractivity contribution in [3.8, 4) is 5.75 Å². The van der Waals surface area contributed by atoms with Crippen molar-refractivity contribution >= 4 is 21.7 Å². The quantitative estimate of drug-likeness (QED) is 0.438. The standard InChI is InChI=1S/C14H17BrO3/c1-10(2)6-7-18-9-13(16)11-4-5-14(17-3)12(15)8-11/h4-5,8H,1,6-7,9H2,2-3H3. The van der Waals surface area contributed by atoms with Gasteiger partial charge in [-0.1, -0.05) is 5.57 Å². The van der Waals surface area contributed by atoms with E-state index in [2.05, 4.69) is 22.5 Å². The van der Waals surface area contributed by atoms with Gasteiger partial charge in [-0.2, -0.15) is 0 Å². The summed E-state index contributed by atoms with van der Waals surface area (Å²) in [5.74, 6) is 0.662. The van der Waals surface area contributed by atoms with Gasteiger partial charge in [0, 0.05) is 5.56 Å². The van der Waals surface area contributed by atoms with E-state index in [0.29, 0.717) is 17.9 Å². The molecule has 0 atom stereocenters. The number of ether oxygens (including phenoxy) is 2. The van der Waals surface area contributed by atoms with Crippen LogP contribution < -0.4 is 4.74 Å². The highest BCUT2D eigenvalue weighted by Crippen LogP contribution is 2.25. The van der Waals surface area contributed by atoms with Crippen LogP contribution in [0.15, 0.2) is 34.8 Å². The first-order chi connectivity index (χ1) is 8.54. The minimum absolute atomic E-state index is 0.0416. The molecule has 18 heavy (non-hydrogen) atoms. The maximum absolute atomic E-state index is 11.8. The van der Waals surface area contributed by atoms with Gasteiger partial charge in [0.25, 0.3) is 0 Å². The Kier molecular flexibility index (Phi) is 6.09. The van der Waals surface area contributed by atoms with Crippen LogP contribution in [0, 0.1) is 0 Å². The maximum atomic E-state index is 11.8. The van der Waals surface area contributed by atoms with Gasteiger partial charge in [-0.25, -0.2) is 0 Å². The molecule has 0 N–H and O–H groups in total. The Morgan fingerprint density at radius 1 is 1.44 bits per heavy atom. The van der Waals surface area contributed by atoms with Crippen molar-refractivity contribution in [2.24, 2.45) is 0 Å². The predicted molar refractivity (Wildman–Crippen MR) is 75.3 cm³/mol. The summed E-state index contributed by atoms with van der Waals surface area (Å²) in [7, 11) is 1.59. The minimum atomic E-state index is -0.0416. The van der Waals surface area contributed by atoms with E-state index >= 15 is 0 Å². The lowest BCUT2D eigenvalue weighted by molar-refractivity contribution is 0.0765. The second-order valence-electron chi connectivity index (χ2n) is 4.03.